The second kappa shape index (κ2) is 5.08. The Labute approximate surface area is 106 Å². The fraction of sp³-hybridized carbons (Fsp3) is 0.538. The Morgan fingerprint density at radius 2 is 2.35 bits per heavy atom. The Kier molecular flexibility index (Phi) is 3.72. The summed E-state index contributed by atoms with van der Waals surface area (Å²) in [5.74, 6) is -0.0884. The van der Waals surface area contributed by atoms with Gasteiger partial charge in [0.1, 0.15) is 5.03 Å². The van der Waals surface area contributed by atoms with Gasteiger partial charge in [0.25, 0.3) is 0 Å². The number of ether oxygens (including phenoxy) is 1. The van der Waals surface area contributed by atoms with Gasteiger partial charge in [0, 0.05) is 11.8 Å². The third-order valence-corrected chi connectivity index (χ3v) is 4.07. The van der Waals surface area contributed by atoms with E-state index in [0.29, 0.717) is 6.61 Å². The van der Waals surface area contributed by atoms with Crippen molar-refractivity contribution in [2.24, 2.45) is 0 Å². The molecular weight excluding hydrogens is 234 g/mol. The third kappa shape index (κ3) is 2.06. The summed E-state index contributed by atoms with van der Waals surface area (Å²) in [4.78, 5) is 16.5. The summed E-state index contributed by atoms with van der Waals surface area (Å²) in [5, 5.41) is 0.945. The van der Waals surface area contributed by atoms with Crippen LogP contribution in [0.2, 0.25) is 0 Å². The highest BCUT2D eigenvalue weighted by atomic mass is 32.2. The zero-order valence-corrected chi connectivity index (χ0v) is 11.0. The Bertz CT molecular complexity index is 416. The quantitative estimate of drug-likeness (QED) is 0.609. The number of hydrogen-bond acceptors (Lipinski definition) is 4. The van der Waals surface area contributed by atoms with Crippen molar-refractivity contribution in [2.75, 3.05) is 12.9 Å². The van der Waals surface area contributed by atoms with Gasteiger partial charge < -0.3 is 4.74 Å². The van der Waals surface area contributed by atoms with Crippen molar-refractivity contribution in [3.8, 4) is 0 Å². The number of rotatable bonds is 4. The highest BCUT2D eigenvalue weighted by molar-refractivity contribution is 7.98. The average molecular weight is 251 g/mol. The molecule has 0 spiro atoms. The number of hydrogen-bond donors (Lipinski definition) is 0. The average Bonchev–Trinajstić information content (AvgIpc) is 2.29. The van der Waals surface area contributed by atoms with Gasteiger partial charge in [-0.05, 0) is 32.1 Å². The molecule has 17 heavy (non-hydrogen) atoms. The standard InChI is InChI=1S/C13H17NO2S/c1-3-16-12(15)13(7-5-8-13)10-6-4-9-14-11(10)17-2/h4,6,9H,3,5,7-8H2,1-2H3. The van der Waals surface area contributed by atoms with Gasteiger partial charge >= 0.3 is 5.97 Å². The molecule has 1 fully saturated rings. The lowest BCUT2D eigenvalue weighted by Crippen LogP contribution is -2.44. The van der Waals surface area contributed by atoms with Crippen molar-refractivity contribution < 1.29 is 9.53 Å². The molecule has 0 saturated heterocycles. The molecule has 0 radical (unpaired) electrons. The summed E-state index contributed by atoms with van der Waals surface area (Å²) in [7, 11) is 0. The van der Waals surface area contributed by atoms with Crippen LogP contribution in [0.5, 0.6) is 0 Å². The van der Waals surface area contributed by atoms with Gasteiger partial charge in [-0.15, -0.1) is 11.8 Å². The van der Waals surface area contributed by atoms with Crippen molar-refractivity contribution in [2.45, 2.75) is 36.6 Å². The van der Waals surface area contributed by atoms with E-state index in [0.717, 1.165) is 29.9 Å². The Balaban J connectivity index is 2.37. The molecule has 1 aliphatic rings. The van der Waals surface area contributed by atoms with E-state index in [1.165, 1.54) is 0 Å². The first-order chi connectivity index (χ1) is 8.24. The van der Waals surface area contributed by atoms with Crippen molar-refractivity contribution in [3.05, 3.63) is 23.9 Å². The van der Waals surface area contributed by atoms with Crippen LogP contribution in [0.15, 0.2) is 23.4 Å². The van der Waals surface area contributed by atoms with Crippen LogP contribution in [0, 0.1) is 0 Å². The first-order valence-corrected chi connectivity index (χ1v) is 7.14. The van der Waals surface area contributed by atoms with E-state index in [4.69, 9.17) is 4.74 Å². The van der Waals surface area contributed by atoms with Gasteiger partial charge in [-0.3, -0.25) is 4.79 Å². The molecule has 92 valence electrons. The van der Waals surface area contributed by atoms with Crippen LogP contribution in [0.1, 0.15) is 31.7 Å². The van der Waals surface area contributed by atoms with Crippen LogP contribution in [-0.2, 0) is 14.9 Å². The first kappa shape index (κ1) is 12.4. The van der Waals surface area contributed by atoms with E-state index in [9.17, 15) is 4.79 Å². The maximum absolute atomic E-state index is 12.2. The van der Waals surface area contributed by atoms with Crippen LogP contribution in [0.3, 0.4) is 0 Å². The maximum Gasteiger partial charge on any atom is 0.316 e. The molecule has 4 heteroatoms. The Hall–Kier alpha value is -1.03. The molecule has 0 amide bonds. The van der Waals surface area contributed by atoms with Crippen LogP contribution in [0.25, 0.3) is 0 Å². The maximum atomic E-state index is 12.2. The molecule has 1 aromatic rings. The lowest BCUT2D eigenvalue weighted by Gasteiger charge is -2.40. The zero-order valence-electron chi connectivity index (χ0n) is 10.2. The van der Waals surface area contributed by atoms with Crippen LogP contribution in [0.4, 0.5) is 0 Å². The third-order valence-electron chi connectivity index (χ3n) is 3.35. The number of carbonyl (C=O) groups is 1. The van der Waals surface area contributed by atoms with Crippen LogP contribution < -0.4 is 0 Å². The lowest BCUT2D eigenvalue weighted by atomic mass is 9.65. The molecule has 0 N–H and O–H groups in total. The van der Waals surface area contributed by atoms with E-state index in [2.05, 4.69) is 4.98 Å². The minimum Gasteiger partial charge on any atom is -0.465 e. The van der Waals surface area contributed by atoms with Crippen molar-refractivity contribution in [1.29, 1.82) is 0 Å². The monoisotopic (exact) mass is 251 g/mol. The first-order valence-electron chi connectivity index (χ1n) is 5.91. The van der Waals surface area contributed by atoms with Gasteiger partial charge in [0.15, 0.2) is 0 Å². The number of thioether (sulfide) groups is 1. The second-order valence-electron chi connectivity index (χ2n) is 4.22. The molecular formula is C13H17NO2S. The molecule has 1 saturated carbocycles. The van der Waals surface area contributed by atoms with E-state index < -0.39 is 5.41 Å². The molecule has 2 rings (SSSR count). The predicted molar refractivity (Wildman–Crippen MR) is 68.2 cm³/mol. The van der Waals surface area contributed by atoms with E-state index in [1.54, 1.807) is 18.0 Å². The van der Waals surface area contributed by atoms with Gasteiger partial charge in [0.05, 0.1) is 12.0 Å². The molecule has 1 aromatic heterocycles. The van der Waals surface area contributed by atoms with E-state index in [-0.39, 0.29) is 5.97 Å². The number of carbonyl (C=O) groups excluding carboxylic acids is 1. The molecule has 0 bridgehead atoms. The molecule has 0 unspecified atom stereocenters. The normalized spacial score (nSPS) is 17.3. The zero-order chi connectivity index (χ0) is 12.3. The summed E-state index contributed by atoms with van der Waals surface area (Å²) < 4.78 is 5.23. The van der Waals surface area contributed by atoms with Crippen molar-refractivity contribution in [1.82, 2.24) is 4.98 Å². The van der Waals surface area contributed by atoms with Crippen LogP contribution >= 0.6 is 11.8 Å². The second-order valence-corrected chi connectivity index (χ2v) is 5.01. The summed E-state index contributed by atoms with van der Waals surface area (Å²) in [6.45, 7) is 2.29. The summed E-state index contributed by atoms with van der Waals surface area (Å²) in [6.07, 6.45) is 6.61. The molecule has 0 aromatic carbocycles. The predicted octanol–water partition coefficient (Wildman–Crippen LogP) is 2.79. The number of pyridine rings is 1. The summed E-state index contributed by atoms with van der Waals surface area (Å²) >= 11 is 1.59. The summed E-state index contributed by atoms with van der Waals surface area (Å²) in [5.41, 5.74) is 0.611. The van der Waals surface area contributed by atoms with Crippen LogP contribution in [-0.4, -0.2) is 23.8 Å². The number of aromatic nitrogens is 1. The van der Waals surface area contributed by atoms with Gasteiger partial charge in [-0.1, -0.05) is 12.5 Å². The molecule has 0 aliphatic heterocycles. The van der Waals surface area contributed by atoms with Gasteiger partial charge in [0.2, 0.25) is 0 Å². The van der Waals surface area contributed by atoms with Crippen molar-refractivity contribution >= 4 is 17.7 Å². The highest BCUT2D eigenvalue weighted by Crippen LogP contribution is 2.47. The smallest absolute Gasteiger partial charge is 0.316 e. The summed E-state index contributed by atoms with van der Waals surface area (Å²) in [6, 6.07) is 3.91. The van der Waals surface area contributed by atoms with Crippen molar-refractivity contribution in [3.63, 3.8) is 0 Å². The Morgan fingerprint density at radius 1 is 1.59 bits per heavy atom. The minimum atomic E-state index is -0.428. The van der Waals surface area contributed by atoms with Gasteiger partial charge in [-0.25, -0.2) is 4.98 Å². The van der Waals surface area contributed by atoms with E-state index in [1.807, 2.05) is 25.3 Å². The number of esters is 1. The fourth-order valence-corrected chi connectivity index (χ4v) is 2.95. The number of nitrogens with zero attached hydrogens (tertiary/aromatic N) is 1. The molecule has 3 nitrogen and oxygen atoms in total. The minimum absolute atomic E-state index is 0.0884. The SMILES string of the molecule is CCOC(=O)C1(c2cccnc2SC)CCC1. The molecule has 1 heterocycles. The topological polar surface area (TPSA) is 39.2 Å². The fourth-order valence-electron chi connectivity index (χ4n) is 2.30. The largest absolute Gasteiger partial charge is 0.465 e. The lowest BCUT2D eigenvalue weighted by molar-refractivity contribution is -0.154. The Morgan fingerprint density at radius 3 is 2.88 bits per heavy atom. The molecule has 1 aliphatic carbocycles. The molecule has 0 atom stereocenters. The van der Waals surface area contributed by atoms with Gasteiger partial charge in [-0.2, -0.15) is 0 Å². The van der Waals surface area contributed by atoms with E-state index >= 15 is 0 Å². The highest BCUT2D eigenvalue weighted by Gasteiger charge is 2.48.